The number of fused-ring (bicyclic) bond motifs is 1. The summed E-state index contributed by atoms with van der Waals surface area (Å²) in [6.07, 6.45) is 3.30. The molecule has 2 N–H and O–H groups in total. The number of benzene rings is 1. The molecule has 1 amide bonds. The normalized spacial score (nSPS) is 14.9. The Morgan fingerprint density at radius 2 is 1.97 bits per heavy atom. The second-order valence-electron chi connectivity index (χ2n) is 7.59. The highest BCUT2D eigenvalue weighted by Crippen LogP contribution is 2.30. The molecular weight excluding hydrogens is 420 g/mol. The molecule has 0 unspecified atom stereocenters. The number of likely N-dealkylation sites (N-methyl/N-ethyl adjacent to an activating group) is 1. The van der Waals surface area contributed by atoms with Crippen molar-refractivity contribution < 1.29 is 10.0 Å². The molecule has 1 saturated heterocycles. The Balaban J connectivity index is 1.44. The van der Waals surface area contributed by atoms with Crippen LogP contribution in [0, 0.1) is 0 Å². The molecule has 162 valence electrons. The second-order valence-corrected chi connectivity index (χ2v) is 8.17. The van der Waals surface area contributed by atoms with E-state index in [0.717, 1.165) is 18.5 Å². The third-order valence-electron chi connectivity index (χ3n) is 5.48. The summed E-state index contributed by atoms with van der Waals surface area (Å²) in [4.78, 5) is 33.9. The van der Waals surface area contributed by atoms with Gasteiger partial charge in [-0.1, -0.05) is 12.1 Å². The van der Waals surface area contributed by atoms with Gasteiger partial charge in [-0.05, 0) is 60.4 Å². The zero-order valence-corrected chi connectivity index (χ0v) is 17.8. The third kappa shape index (κ3) is 4.62. The van der Waals surface area contributed by atoms with Crippen LogP contribution in [0.15, 0.2) is 47.4 Å². The topological polar surface area (TPSA) is 104 Å². The van der Waals surface area contributed by atoms with Crippen molar-refractivity contribution in [2.45, 2.75) is 18.8 Å². The van der Waals surface area contributed by atoms with Crippen LogP contribution < -0.4 is 11.0 Å². The van der Waals surface area contributed by atoms with E-state index in [-0.39, 0.29) is 18.1 Å². The summed E-state index contributed by atoms with van der Waals surface area (Å²) in [5.41, 5.74) is 1.32. The molecule has 1 aliphatic heterocycles. The van der Waals surface area contributed by atoms with E-state index in [4.69, 9.17) is 11.8 Å². The fourth-order valence-corrected chi connectivity index (χ4v) is 3.97. The van der Waals surface area contributed by atoms with Crippen molar-refractivity contribution in [2.24, 2.45) is 0 Å². The van der Waals surface area contributed by atoms with Gasteiger partial charge in [0.25, 0.3) is 0 Å². The predicted octanol–water partition coefficient (Wildman–Crippen LogP) is 2.56. The molecule has 9 nitrogen and oxygen atoms in total. The van der Waals surface area contributed by atoms with Crippen LogP contribution in [0.2, 0.25) is 0 Å². The third-order valence-corrected chi connectivity index (χ3v) is 5.60. The van der Waals surface area contributed by atoms with E-state index >= 15 is 0 Å². The van der Waals surface area contributed by atoms with Gasteiger partial charge in [-0.15, -0.1) is 4.73 Å². The lowest BCUT2D eigenvalue weighted by Crippen LogP contribution is -2.41. The van der Waals surface area contributed by atoms with Crippen LogP contribution >= 0.6 is 11.8 Å². The first kappa shape index (κ1) is 21.1. The Kier molecular flexibility index (Phi) is 6.06. The van der Waals surface area contributed by atoms with E-state index in [1.54, 1.807) is 19.2 Å². The molecule has 0 aliphatic carbocycles. The number of carbonyl (C=O) groups excluding carboxylic acids is 1. The molecular formula is C21H23ClN6O3. The molecule has 10 heteroatoms. The quantitative estimate of drug-likeness (QED) is 0.462. The number of pyridine rings is 1. The van der Waals surface area contributed by atoms with E-state index in [9.17, 15) is 14.8 Å². The summed E-state index contributed by atoms with van der Waals surface area (Å²) in [6, 6.07) is 11.4. The Hall–Kier alpha value is -3.17. The molecule has 31 heavy (non-hydrogen) atoms. The fraction of sp³-hybridized carbons (Fsp3) is 0.333. The predicted molar refractivity (Wildman–Crippen MR) is 118 cm³/mol. The number of carbonyl (C=O) groups is 1. The maximum absolute atomic E-state index is 12.1. The van der Waals surface area contributed by atoms with Crippen LogP contribution in [-0.4, -0.2) is 61.8 Å². The summed E-state index contributed by atoms with van der Waals surface area (Å²) >= 11 is 5.78. The lowest BCUT2D eigenvalue weighted by molar-refractivity contribution is -0.132. The Morgan fingerprint density at radius 3 is 2.65 bits per heavy atom. The van der Waals surface area contributed by atoms with Crippen LogP contribution in [0.3, 0.4) is 0 Å². The van der Waals surface area contributed by atoms with Gasteiger partial charge in [0.05, 0.1) is 11.9 Å². The number of likely N-dealkylation sites (tertiary alicyclic amines) is 1. The minimum absolute atomic E-state index is 0.0505. The zero-order chi connectivity index (χ0) is 22.0. The number of halogens is 1. The molecule has 3 aromatic rings. The monoisotopic (exact) mass is 442 g/mol. The van der Waals surface area contributed by atoms with Crippen molar-refractivity contribution in [3.05, 3.63) is 58.6 Å². The molecule has 2 aromatic heterocycles. The number of hydrogen-bond donors (Lipinski definition) is 2. The van der Waals surface area contributed by atoms with Crippen molar-refractivity contribution in [1.29, 1.82) is 0 Å². The number of hydrogen-bond acceptors (Lipinski definition) is 7. The van der Waals surface area contributed by atoms with E-state index in [1.807, 2.05) is 29.2 Å². The van der Waals surface area contributed by atoms with Crippen LogP contribution in [-0.2, 0) is 4.79 Å². The number of aromatic nitrogens is 3. The first-order valence-corrected chi connectivity index (χ1v) is 10.3. The van der Waals surface area contributed by atoms with Crippen molar-refractivity contribution in [3.63, 3.8) is 0 Å². The molecule has 1 aromatic carbocycles. The SMILES string of the molecule is CN(Cl)CC(=O)N1CCC(c2ccc(Nc3nc(=O)n(O)c4ncccc34)cc2)CC1. The average Bonchev–Trinajstić information content (AvgIpc) is 2.77. The van der Waals surface area contributed by atoms with Gasteiger partial charge in [-0.3, -0.25) is 4.79 Å². The maximum Gasteiger partial charge on any atom is 0.384 e. The zero-order valence-electron chi connectivity index (χ0n) is 17.0. The maximum atomic E-state index is 12.1. The van der Waals surface area contributed by atoms with Crippen LogP contribution in [0.4, 0.5) is 11.5 Å². The standard InChI is InChI=1S/C21H23ClN6O3/c1-26(22)13-18(29)27-11-8-15(9-12-27)14-4-6-16(7-5-14)24-19-17-3-2-10-23-20(17)28(31)21(30)25-19/h2-7,10,15,31H,8-9,11-13H2,1H3,(H,24,25,30). The van der Waals surface area contributed by atoms with Crippen molar-refractivity contribution in [3.8, 4) is 0 Å². The second kappa shape index (κ2) is 8.91. The number of nitrogens with one attached hydrogen (secondary N) is 1. The molecule has 0 radical (unpaired) electrons. The van der Waals surface area contributed by atoms with Crippen LogP contribution in [0.25, 0.3) is 11.0 Å². The first-order chi connectivity index (χ1) is 14.9. The number of nitrogens with zero attached hydrogens (tertiary/aromatic N) is 5. The molecule has 0 spiro atoms. The van der Waals surface area contributed by atoms with E-state index in [1.165, 1.54) is 16.2 Å². The molecule has 1 aliphatic rings. The minimum atomic E-state index is -0.799. The molecule has 4 rings (SSSR count). The summed E-state index contributed by atoms with van der Waals surface area (Å²) in [7, 11) is 1.67. The summed E-state index contributed by atoms with van der Waals surface area (Å²) < 4.78 is 1.81. The van der Waals surface area contributed by atoms with Gasteiger partial charge in [0.15, 0.2) is 5.65 Å². The molecule has 0 bridgehead atoms. The molecule has 0 saturated carbocycles. The van der Waals surface area contributed by atoms with Gasteiger partial charge in [-0.2, -0.15) is 4.98 Å². The van der Waals surface area contributed by atoms with E-state index in [0.29, 0.717) is 34.9 Å². The number of rotatable bonds is 5. The highest BCUT2D eigenvalue weighted by atomic mass is 35.5. The fourth-order valence-electron chi connectivity index (χ4n) is 3.86. The molecule has 1 fully saturated rings. The van der Waals surface area contributed by atoms with Crippen LogP contribution in [0.1, 0.15) is 24.3 Å². The van der Waals surface area contributed by atoms with E-state index < -0.39 is 5.69 Å². The van der Waals surface area contributed by atoms with Gasteiger partial charge in [-0.25, -0.2) is 14.2 Å². The number of anilines is 2. The van der Waals surface area contributed by atoms with Gasteiger partial charge < -0.3 is 15.4 Å². The minimum Gasteiger partial charge on any atom is -0.422 e. The Morgan fingerprint density at radius 1 is 1.26 bits per heavy atom. The van der Waals surface area contributed by atoms with E-state index in [2.05, 4.69) is 15.3 Å². The molecule has 3 heterocycles. The number of amides is 1. The smallest absolute Gasteiger partial charge is 0.384 e. The van der Waals surface area contributed by atoms with Gasteiger partial charge in [0, 0.05) is 32.0 Å². The lowest BCUT2D eigenvalue weighted by Gasteiger charge is -2.32. The van der Waals surface area contributed by atoms with Crippen LogP contribution in [0.5, 0.6) is 0 Å². The summed E-state index contributed by atoms with van der Waals surface area (Å²) in [5, 5.41) is 13.5. The number of piperidine rings is 1. The highest BCUT2D eigenvalue weighted by Gasteiger charge is 2.24. The molecule has 0 atom stereocenters. The average molecular weight is 443 g/mol. The first-order valence-electron chi connectivity index (χ1n) is 10.0. The Labute approximate surface area is 184 Å². The van der Waals surface area contributed by atoms with Crippen molar-refractivity contribution in [1.82, 2.24) is 24.0 Å². The Bertz CT molecular complexity index is 1140. The highest BCUT2D eigenvalue weighted by molar-refractivity contribution is 6.14. The summed E-state index contributed by atoms with van der Waals surface area (Å²) in [6.45, 7) is 1.65. The van der Waals surface area contributed by atoms with Gasteiger partial charge >= 0.3 is 5.69 Å². The largest absolute Gasteiger partial charge is 0.422 e. The summed E-state index contributed by atoms with van der Waals surface area (Å²) in [5.74, 6) is 0.769. The van der Waals surface area contributed by atoms with Gasteiger partial charge in [0.2, 0.25) is 5.91 Å². The van der Waals surface area contributed by atoms with Crippen molar-refractivity contribution >= 4 is 40.2 Å². The van der Waals surface area contributed by atoms with Gasteiger partial charge in [0.1, 0.15) is 5.82 Å². The lowest BCUT2D eigenvalue weighted by atomic mass is 9.89. The van der Waals surface area contributed by atoms with Crippen molar-refractivity contribution in [2.75, 3.05) is 32.0 Å².